The van der Waals surface area contributed by atoms with E-state index in [-0.39, 0.29) is 11.4 Å². The van der Waals surface area contributed by atoms with E-state index < -0.39 is 10.0 Å². The molecule has 0 spiro atoms. The van der Waals surface area contributed by atoms with Crippen molar-refractivity contribution in [3.05, 3.63) is 35.5 Å². The second kappa shape index (κ2) is 4.34. The molecule has 17 heavy (non-hydrogen) atoms. The summed E-state index contributed by atoms with van der Waals surface area (Å²) in [6, 6.07) is 3.41. The monoisotopic (exact) mass is 255 g/mol. The van der Waals surface area contributed by atoms with E-state index in [0.717, 1.165) is 0 Å². The first kappa shape index (κ1) is 11.9. The molecule has 0 atom stereocenters. The van der Waals surface area contributed by atoms with E-state index >= 15 is 0 Å². The summed E-state index contributed by atoms with van der Waals surface area (Å²) >= 11 is 0. The Kier molecular flexibility index (Phi) is 3.03. The van der Waals surface area contributed by atoms with Gasteiger partial charge >= 0.3 is 0 Å². The van der Waals surface area contributed by atoms with Crippen molar-refractivity contribution in [2.75, 3.05) is 0 Å². The number of hydrogen-bond donors (Lipinski definition) is 2. The van der Waals surface area contributed by atoms with Gasteiger partial charge in [-0.2, -0.15) is 5.10 Å². The quantitative estimate of drug-likeness (QED) is 0.856. The first-order valence-corrected chi connectivity index (χ1v) is 6.52. The van der Waals surface area contributed by atoms with Gasteiger partial charge < -0.3 is 4.42 Å². The second-order valence-electron chi connectivity index (χ2n) is 3.67. The van der Waals surface area contributed by atoms with Crippen LogP contribution < -0.4 is 4.72 Å². The largest absolute Gasteiger partial charge is 0.468 e. The summed E-state index contributed by atoms with van der Waals surface area (Å²) in [5, 5.41) is 6.50. The second-order valence-corrected chi connectivity index (χ2v) is 5.37. The Morgan fingerprint density at radius 3 is 2.76 bits per heavy atom. The SMILES string of the molecule is Cc1n[nH]c(C)c1S(=O)(=O)NCc1ccco1. The van der Waals surface area contributed by atoms with Crippen LogP contribution >= 0.6 is 0 Å². The molecule has 0 aliphatic heterocycles. The van der Waals surface area contributed by atoms with Crippen LogP contribution in [0.2, 0.25) is 0 Å². The zero-order valence-corrected chi connectivity index (χ0v) is 10.3. The van der Waals surface area contributed by atoms with Crippen molar-refractivity contribution >= 4 is 10.0 Å². The standard InChI is InChI=1S/C10H13N3O3S/c1-7-10(8(2)13-12-7)17(14,15)11-6-9-4-3-5-16-9/h3-5,11H,6H2,1-2H3,(H,12,13). The smallest absolute Gasteiger partial charge is 0.244 e. The molecule has 2 heterocycles. The summed E-state index contributed by atoms with van der Waals surface area (Å²) in [4.78, 5) is 0.198. The third-order valence-corrected chi connectivity index (χ3v) is 4.01. The molecule has 0 radical (unpaired) electrons. The number of rotatable bonds is 4. The number of aromatic amines is 1. The fourth-order valence-electron chi connectivity index (χ4n) is 1.59. The van der Waals surface area contributed by atoms with Crippen molar-refractivity contribution in [3.63, 3.8) is 0 Å². The van der Waals surface area contributed by atoms with Gasteiger partial charge in [-0.25, -0.2) is 13.1 Å². The summed E-state index contributed by atoms with van der Waals surface area (Å²) in [6.07, 6.45) is 1.50. The predicted molar refractivity (Wildman–Crippen MR) is 60.8 cm³/mol. The third-order valence-electron chi connectivity index (χ3n) is 2.35. The highest BCUT2D eigenvalue weighted by Gasteiger charge is 2.21. The lowest BCUT2D eigenvalue weighted by Crippen LogP contribution is -2.24. The maximum absolute atomic E-state index is 12.0. The van der Waals surface area contributed by atoms with Crippen molar-refractivity contribution in [1.29, 1.82) is 0 Å². The van der Waals surface area contributed by atoms with Crippen LogP contribution in [0, 0.1) is 13.8 Å². The van der Waals surface area contributed by atoms with E-state index in [9.17, 15) is 8.42 Å². The van der Waals surface area contributed by atoms with Crippen molar-refractivity contribution in [2.24, 2.45) is 0 Å². The van der Waals surface area contributed by atoms with Gasteiger partial charge in [-0.05, 0) is 26.0 Å². The normalized spacial score (nSPS) is 11.9. The zero-order chi connectivity index (χ0) is 12.5. The van der Waals surface area contributed by atoms with Gasteiger partial charge in [0.2, 0.25) is 10.0 Å². The number of hydrogen-bond acceptors (Lipinski definition) is 4. The molecule has 0 unspecified atom stereocenters. The third kappa shape index (κ3) is 2.40. The van der Waals surface area contributed by atoms with Gasteiger partial charge in [0.05, 0.1) is 24.2 Å². The lowest BCUT2D eigenvalue weighted by Gasteiger charge is -2.04. The molecule has 92 valence electrons. The minimum atomic E-state index is -3.56. The van der Waals surface area contributed by atoms with Gasteiger partial charge in [-0.15, -0.1) is 0 Å². The Balaban J connectivity index is 2.20. The summed E-state index contributed by atoms with van der Waals surface area (Å²) in [5.74, 6) is 0.562. The number of furan rings is 1. The fourth-order valence-corrected chi connectivity index (χ4v) is 2.95. The van der Waals surface area contributed by atoms with E-state index in [2.05, 4.69) is 14.9 Å². The molecule has 0 saturated heterocycles. The molecule has 2 aromatic rings. The topological polar surface area (TPSA) is 88.0 Å². The van der Waals surface area contributed by atoms with Crippen LogP contribution in [0.1, 0.15) is 17.1 Å². The van der Waals surface area contributed by atoms with Gasteiger partial charge in [0.15, 0.2) is 0 Å². The summed E-state index contributed by atoms with van der Waals surface area (Å²) in [5.41, 5.74) is 0.976. The summed E-state index contributed by atoms with van der Waals surface area (Å²) in [6.45, 7) is 3.44. The lowest BCUT2D eigenvalue weighted by atomic mass is 10.4. The highest BCUT2D eigenvalue weighted by Crippen LogP contribution is 2.16. The van der Waals surface area contributed by atoms with Crippen LogP contribution in [0.5, 0.6) is 0 Å². The fraction of sp³-hybridized carbons (Fsp3) is 0.300. The molecule has 0 aromatic carbocycles. The van der Waals surface area contributed by atoms with E-state index in [1.807, 2.05) is 0 Å². The van der Waals surface area contributed by atoms with Crippen LogP contribution in [0.4, 0.5) is 0 Å². The molecule has 0 aliphatic rings. The van der Waals surface area contributed by atoms with Crippen LogP contribution in [-0.2, 0) is 16.6 Å². The molecule has 7 heteroatoms. The number of nitrogens with one attached hydrogen (secondary N) is 2. The molecular weight excluding hydrogens is 242 g/mol. The summed E-state index contributed by atoms with van der Waals surface area (Å²) in [7, 11) is -3.56. The van der Waals surface area contributed by atoms with Crippen molar-refractivity contribution in [3.8, 4) is 0 Å². The summed E-state index contributed by atoms with van der Waals surface area (Å²) < 4.78 is 31.6. The average molecular weight is 255 g/mol. The van der Waals surface area contributed by atoms with Crippen molar-refractivity contribution in [2.45, 2.75) is 25.3 Å². The molecule has 0 bridgehead atoms. The molecule has 0 saturated carbocycles. The van der Waals surface area contributed by atoms with Crippen molar-refractivity contribution in [1.82, 2.24) is 14.9 Å². The lowest BCUT2D eigenvalue weighted by molar-refractivity contribution is 0.498. The number of H-pyrrole nitrogens is 1. The van der Waals surface area contributed by atoms with Gasteiger partial charge in [0, 0.05) is 0 Å². The first-order chi connectivity index (χ1) is 8.00. The highest BCUT2D eigenvalue weighted by atomic mass is 32.2. The molecule has 0 amide bonds. The van der Waals surface area contributed by atoms with Gasteiger partial charge in [-0.3, -0.25) is 5.10 Å². The Morgan fingerprint density at radius 1 is 1.47 bits per heavy atom. The Labute approximate surface area is 99.1 Å². The number of nitrogens with zero attached hydrogens (tertiary/aromatic N) is 1. The maximum Gasteiger partial charge on any atom is 0.244 e. The zero-order valence-electron chi connectivity index (χ0n) is 9.52. The van der Waals surface area contributed by atoms with Crippen LogP contribution in [0.25, 0.3) is 0 Å². The molecule has 0 fully saturated rings. The maximum atomic E-state index is 12.0. The molecule has 2 aromatic heterocycles. The Morgan fingerprint density at radius 2 is 2.24 bits per heavy atom. The van der Waals surface area contributed by atoms with E-state index in [0.29, 0.717) is 17.1 Å². The number of sulfonamides is 1. The first-order valence-electron chi connectivity index (χ1n) is 5.04. The highest BCUT2D eigenvalue weighted by molar-refractivity contribution is 7.89. The van der Waals surface area contributed by atoms with Gasteiger partial charge in [-0.1, -0.05) is 0 Å². The van der Waals surface area contributed by atoms with E-state index in [1.54, 1.807) is 26.0 Å². The predicted octanol–water partition coefficient (Wildman–Crippen LogP) is 1.10. The molecule has 2 N–H and O–H groups in total. The minimum Gasteiger partial charge on any atom is -0.468 e. The molecule has 0 aliphatic carbocycles. The molecular formula is C10H13N3O3S. The van der Waals surface area contributed by atoms with Crippen LogP contribution in [-0.4, -0.2) is 18.6 Å². The van der Waals surface area contributed by atoms with Gasteiger partial charge in [0.25, 0.3) is 0 Å². The average Bonchev–Trinajstić information content (AvgIpc) is 2.86. The van der Waals surface area contributed by atoms with E-state index in [4.69, 9.17) is 4.42 Å². The molecule has 2 rings (SSSR count). The van der Waals surface area contributed by atoms with Gasteiger partial charge in [0.1, 0.15) is 10.7 Å². The minimum absolute atomic E-state index is 0.124. The van der Waals surface area contributed by atoms with Crippen LogP contribution in [0.15, 0.2) is 27.7 Å². The van der Waals surface area contributed by atoms with Crippen LogP contribution in [0.3, 0.4) is 0 Å². The number of aryl methyl sites for hydroxylation is 2. The molecule has 6 nitrogen and oxygen atoms in total. The Bertz CT molecular complexity index is 579. The Hall–Kier alpha value is -1.60. The van der Waals surface area contributed by atoms with E-state index in [1.165, 1.54) is 6.26 Å². The number of aromatic nitrogens is 2. The van der Waals surface area contributed by atoms with Crippen molar-refractivity contribution < 1.29 is 12.8 Å².